The van der Waals surface area contributed by atoms with Gasteiger partial charge in [-0.15, -0.1) is 0 Å². The molecule has 0 aliphatic carbocycles. The Morgan fingerprint density at radius 3 is 2.55 bits per heavy atom. The summed E-state index contributed by atoms with van der Waals surface area (Å²) >= 11 is 0. The van der Waals surface area contributed by atoms with Crippen molar-refractivity contribution in [3.8, 4) is 0 Å². The maximum Gasteiger partial charge on any atom is 0.238 e. The second kappa shape index (κ2) is 6.86. The first-order valence-electron chi connectivity index (χ1n) is 7.49. The lowest BCUT2D eigenvalue weighted by Crippen LogP contribution is -2.44. The summed E-state index contributed by atoms with van der Waals surface area (Å²) in [6.45, 7) is 9.85. The van der Waals surface area contributed by atoms with Gasteiger partial charge in [0.15, 0.2) is 0 Å². The first-order chi connectivity index (χ1) is 9.67. The Hall–Kier alpha value is -1.39. The third kappa shape index (κ3) is 3.19. The van der Waals surface area contributed by atoms with Crippen LogP contribution in [-0.2, 0) is 4.79 Å². The van der Waals surface area contributed by atoms with Gasteiger partial charge in [0.1, 0.15) is 6.17 Å². The normalized spacial score (nSPS) is 20.7. The Kier molecular flexibility index (Phi) is 5.15. The summed E-state index contributed by atoms with van der Waals surface area (Å²) in [4.78, 5) is 16.6. The molecule has 4 heteroatoms. The summed E-state index contributed by atoms with van der Waals surface area (Å²) in [5.74, 6) is 0.193. The monoisotopic (exact) mass is 275 g/mol. The average molecular weight is 275 g/mol. The molecule has 20 heavy (non-hydrogen) atoms. The first kappa shape index (κ1) is 15.0. The fourth-order valence-corrected chi connectivity index (χ4v) is 2.88. The predicted octanol–water partition coefficient (Wildman–Crippen LogP) is 1.85. The van der Waals surface area contributed by atoms with Crippen molar-refractivity contribution in [2.75, 3.05) is 26.2 Å². The molecule has 1 aliphatic heterocycles. The van der Waals surface area contributed by atoms with Gasteiger partial charge in [0.25, 0.3) is 0 Å². The summed E-state index contributed by atoms with van der Waals surface area (Å²) in [6.07, 6.45) is 0.00858. The SMILES string of the molecule is CCN(CC)CC(C)N1C(=O)CNC1c1ccccc1. The molecule has 1 aromatic carbocycles. The number of carbonyl (C=O) groups is 1. The van der Waals surface area contributed by atoms with E-state index in [0.717, 1.165) is 25.2 Å². The van der Waals surface area contributed by atoms with Crippen LogP contribution in [-0.4, -0.2) is 47.9 Å². The minimum atomic E-state index is 0.00858. The summed E-state index contributed by atoms with van der Waals surface area (Å²) < 4.78 is 0. The van der Waals surface area contributed by atoms with E-state index < -0.39 is 0 Å². The van der Waals surface area contributed by atoms with Crippen LogP contribution in [0.1, 0.15) is 32.5 Å². The highest BCUT2D eigenvalue weighted by atomic mass is 16.2. The molecule has 0 radical (unpaired) electrons. The minimum absolute atomic E-state index is 0.00858. The number of carbonyl (C=O) groups excluding carboxylic acids is 1. The van der Waals surface area contributed by atoms with Crippen molar-refractivity contribution in [3.63, 3.8) is 0 Å². The molecule has 1 aliphatic rings. The first-order valence-corrected chi connectivity index (χ1v) is 7.49. The highest BCUT2D eigenvalue weighted by Crippen LogP contribution is 2.24. The number of likely N-dealkylation sites (N-methyl/N-ethyl adjacent to an activating group) is 1. The Bertz CT molecular complexity index is 431. The van der Waals surface area contributed by atoms with Crippen molar-refractivity contribution in [2.24, 2.45) is 0 Å². The lowest BCUT2D eigenvalue weighted by atomic mass is 10.1. The summed E-state index contributed by atoms with van der Waals surface area (Å²) in [6, 6.07) is 10.4. The molecule has 110 valence electrons. The quantitative estimate of drug-likeness (QED) is 0.860. The van der Waals surface area contributed by atoms with Crippen molar-refractivity contribution in [1.29, 1.82) is 0 Å². The van der Waals surface area contributed by atoms with Gasteiger partial charge < -0.3 is 9.80 Å². The molecule has 1 fully saturated rings. The molecule has 0 spiro atoms. The molecule has 1 N–H and O–H groups in total. The second-order valence-electron chi connectivity index (χ2n) is 5.33. The van der Waals surface area contributed by atoms with E-state index in [1.807, 2.05) is 23.1 Å². The van der Waals surface area contributed by atoms with Crippen molar-refractivity contribution in [2.45, 2.75) is 33.0 Å². The van der Waals surface area contributed by atoms with Crippen LogP contribution in [0.15, 0.2) is 30.3 Å². The summed E-state index contributed by atoms with van der Waals surface area (Å²) in [5, 5.41) is 3.32. The zero-order valence-corrected chi connectivity index (χ0v) is 12.7. The van der Waals surface area contributed by atoms with E-state index in [9.17, 15) is 4.79 Å². The third-order valence-corrected chi connectivity index (χ3v) is 4.02. The van der Waals surface area contributed by atoms with Gasteiger partial charge in [-0.3, -0.25) is 10.1 Å². The molecular formula is C16H25N3O. The number of nitrogens with one attached hydrogen (secondary N) is 1. The lowest BCUT2D eigenvalue weighted by molar-refractivity contribution is -0.130. The maximum atomic E-state index is 12.2. The minimum Gasteiger partial charge on any atom is -0.318 e. The second-order valence-corrected chi connectivity index (χ2v) is 5.33. The zero-order chi connectivity index (χ0) is 14.5. The van der Waals surface area contributed by atoms with Crippen LogP contribution in [0.3, 0.4) is 0 Å². The largest absolute Gasteiger partial charge is 0.318 e. The van der Waals surface area contributed by atoms with Crippen molar-refractivity contribution in [1.82, 2.24) is 15.1 Å². The molecule has 2 atom stereocenters. The van der Waals surface area contributed by atoms with Gasteiger partial charge in [-0.05, 0) is 25.6 Å². The Labute approximate surface area is 121 Å². The zero-order valence-electron chi connectivity index (χ0n) is 12.7. The molecule has 4 nitrogen and oxygen atoms in total. The van der Waals surface area contributed by atoms with Crippen molar-refractivity contribution >= 4 is 5.91 Å². The fraction of sp³-hybridized carbons (Fsp3) is 0.562. The smallest absolute Gasteiger partial charge is 0.238 e. The van der Waals surface area contributed by atoms with Gasteiger partial charge in [0, 0.05) is 12.6 Å². The number of benzene rings is 1. The molecule has 2 unspecified atom stereocenters. The van der Waals surface area contributed by atoms with Gasteiger partial charge in [-0.2, -0.15) is 0 Å². The molecule has 0 aromatic heterocycles. The van der Waals surface area contributed by atoms with Crippen LogP contribution in [0.5, 0.6) is 0 Å². The molecule has 1 heterocycles. The third-order valence-electron chi connectivity index (χ3n) is 4.02. The summed E-state index contributed by atoms with van der Waals surface area (Å²) in [5.41, 5.74) is 1.16. The van der Waals surface area contributed by atoms with E-state index in [2.05, 4.69) is 43.1 Å². The molecule has 0 saturated carbocycles. The van der Waals surface area contributed by atoms with E-state index in [1.165, 1.54) is 0 Å². The predicted molar refractivity (Wildman–Crippen MR) is 81.3 cm³/mol. The Morgan fingerprint density at radius 2 is 1.95 bits per heavy atom. The lowest BCUT2D eigenvalue weighted by Gasteiger charge is -2.33. The van der Waals surface area contributed by atoms with Crippen LogP contribution in [0.4, 0.5) is 0 Å². The summed E-state index contributed by atoms with van der Waals surface area (Å²) in [7, 11) is 0. The number of nitrogens with zero attached hydrogens (tertiary/aromatic N) is 2. The average Bonchev–Trinajstić information content (AvgIpc) is 2.87. The molecule has 2 rings (SSSR count). The molecule has 1 aromatic rings. The highest BCUT2D eigenvalue weighted by molar-refractivity contribution is 5.81. The number of rotatable bonds is 6. The number of hydrogen-bond acceptors (Lipinski definition) is 3. The van der Waals surface area contributed by atoms with Crippen LogP contribution in [0.25, 0.3) is 0 Å². The van der Waals surface area contributed by atoms with E-state index in [4.69, 9.17) is 0 Å². The Balaban J connectivity index is 2.12. The van der Waals surface area contributed by atoms with Crippen molar-refractivity contribution in [3.05, 3.63) is 35.9 Å². The topological polar surface area (TPSA) is 35.6 Å². The van der Waals surface area contributed by atoms with E-state index >= 15 is 0 Å². The fourth-order valence-electron chi connectivity index (χ4n) is 2.88. The molecular weight excluding hydrogens is 250 g/mol. The van der Waals surface area contributed by atoms with E-state index in [0.29, 0.717) is 6.54 Å². The molecule has 1 saturated heterocycles. The standard InChI is InChI=1S/C16H25N3O/c1-4-18(5-2)12-13(3)19-15(20)11-17-16(19)14-9-7-6-8-10-14/h6-10,13,16-17H,4-5,11-12H2,1-3H3. The van der Waals surface area contributed by atoms with Crippen LogP contribution in [0.2, 0.25) is 0 Å². The van der Waals surface area contributed by atoms with Crippen LogP contribution in [0, 0.1) is 0 Å². The van der Waals surface area contributed by atoms with Crippen LogP contribution < -0.4 is 5.32 Å². The molecule has 0 bridgehead atoms. The highest BCUT2D eigenvalue weighted by Gasteiger charge is 2.35. The number of amides is 1. The van der Waals surface area contributed by atoms with Gasteiger partial charge >= 0.3 is 0 Å². The van der Waals surface area contributed by atoms with Crippen molar-refractivity contribution < 1.29 is 4.79 Å². The molecule has 1 amide bonds. The van der Waals surface area contributed by atoms with Gasteiger partial charge in [-0.25, -0.2) is 0 Å². The number of hydrogen-bond donors (Lipinski definition) is 1. The van der Waals surface area contributed by atoms with Gasteiger partial charge in [-0.1, -0.05) is 44.2 Å². The maximum absolute atomic E-state index is 12.2. The van der Waals surface area contributed by atoms with Gasteiger partial charge in [0.2, 0.25) is 5.91 Å². The van der Waals surface area contributed by atoms with E-state index in [-0.39, 0.29) is 18.1 Å². The Morgan fingerprint density at radius 1 is 1.30 bits per heavy atom. The van der Waals surface area contributed by atoms with Crippen LogP contribution >= 0.6 is 0 Å². The van der Waals surface area contributed by atoms with E-state index in [1.54, 1.807) is 0 Å². The van der Waals surface area contributed by atoms with Gasteiger partial charge in [0.05, 0.1) is 6.54 Å².